The number of carboxylic acid groups (broad SMARTS) is 1. The Morgan fingerprint density at radius 1 is 1.13 bits per heavy atom. The molecule has 0 saturated heterocycles. The predicted molar refractivity (Wildman–Crippen MR) is 84.0 cm³/mol. The molecule has 0 bridgehead atoms. The maximum atomic E-state index is 12.3. The van der Waals surface area contributed by atoms with Gasteiger partial charge >= 0.3 is 5.97 Å². The molecular weight excluding hydrogens is 344 g/mol. The Kier molecular flexibility index (Phi) is 5.91. The molecule has 0 aliphatic rings. The maximum Gasteiger partial charge on any atom is 0.322 e. The molecule has 1 atom stereocenters. The van der Waals surface area contributed by atoms with E-state index >= 15 is 0 Å². The molecule has 0 aromatic heterocycles. The van der Waals surface area contributed by atoms with Gasteiger partial charge in [-0.15, -0.1) is 0 Å². The number of hydrogen-bond acceptors (Lipinski definition) is 5. The Labute approximate surface area is 136 Å². The van der Waals surface area contributed by atoms with Crippen molar-refractivity contribution in [2.75, 3.05) is 7.05 Å². The molecular formula is C13H20N2O6S2. The van der Waals surface area contributed by atoms with Crippen molar-refractivity contribution in [1.82, 2.24) is 9.44 Å². The summed E-state index contributed by atoms with van der Waals surface area (Å²) in [7, 11) is -6.54. The zero-order valence-corrected chi connectivity index (χ0v) is 14.8. The van der Waals surface area contributed by atoms with Crippen LogP contribution in [-0.4, -0.2) is 41.0 Å². The van der Waals surface area contributed by atoms with Gasteiger partial charge in [-0.05, 0) is 43.7 Å². The summed E-state index contributed by atoms with van der Waals surface area (Å²) in [5.41, 5.74) is 0.235. The lowest BCUT2D eigenvalue weighted by atomic mass is 10.1. The van der Waals surface area contributed by atoms with Crippen LogP contribution < -0.4 is 9.44 Å². The fourth-order valence-electron chi connectivity index (χ4n) is 1.91. The molecule has 10 heteroatoms. The molecule has 3 N–H and O–H groups in total. The first kappa shape index (κ1) is 19.6. The van der Waals surface area contributed by atoms with Crippen LogP contribution in [0.4, 0.5) is 0 Å². The van der Waals surface area contributed by atoms with Crippen LogP contribution in [0.2, 0.25) is 0 Å². The number of carbonyl (C=O) groups is 1. The van der Waals surface area contributed by atoms with E-state index in [1.54, 1.807) is 13.8 Å². The van der Waals surface area contributed by atoms with Crippen molar-refractivity contribution >= 4 is 26.0 Å². The fourth-order valence-corrected chi connectivity index (χ4v) is 4.28. The highest BCUT2D eigenvalue weighted by Gasteiger charge is 2.28. The summed E-state index contributed by atoms with van der Waals surface area (Å²) < 4.78 is 52.4. The highest BCUT2D eigenvalue weighted by molar-refractivity contribution is 7.90. The van der Waals surface area contributed by atoms with Crippen molar-refractivity contribution in [1.29, 1.82) is 0 Å². The number of nitrogens with one attached hydrogen (secondary N) is 2. The average molecular weight is 364 g/mol. The lowest BCUT2D eigenvalue weighted by Gasteiger charge is -2.18. The Balaban J connectivity index is 3.26. The molecule has 0 aliphatic carbocycles. The van der Waals surface area contributed by atoms with E-state index in [2.05, 4.69) is 9.44 Å². The Morgan fingerprint density at radius 2 is 1.70 bits per heavy atom. The molecule has 0 radical (unpaired) electrons. The van der Waals surface area contributed by atoms with Crippen molar-refractivity contribution in [2.24, 2.45) is 5.92 Å². The second-order valence-electron chi connectivity index (χ2n) is 5.32. The summed E-state index contributed by atoms with van der Waals surface area (Å²) in [6, 6.07) is 2.20. The van der Waals surface area contributed by atoms with Gasteiger partial charge in [0.05, 0.1) is 9.79 Å². The van der Waals surface area contributed by atoms with E-state index in [1.165, 1.54) is 26.1 Å². The van der Waals surface area contributed by atoms with Crippen LogP contribution in [0.3, 0.4) is 0 Å². The molecule has 1 aromatic rings. The van der Waals surface area contributed by atoms with Crippen molar-refractivity contribution in [3.8, 4) is 0 Å². The topological polar surface area (TPSA) is 130 Å². The molecule has 0 aliphatic heterocycles. The monoisotopic (exact) mass is 364 g/mol. The number of carboxylic acids is 1. The molecule has 8 nitrogen and oxygen atoms in total. The van der Waals surface area contributed by atoms with E-state index in [0.29, 0.717) is 0 Å². The van der Waals surface area contributed by atoms with Crippen molar-refractivity contribution in [3.63, 3.8) is 0 Å². The third-order valence-corrected chi connectivity index (χ3v) is 6.24. The third-order valence-electron chi connectivity index (χ3n) is 3.23. The largest absolute Gasteiger partial charge is 0.480 e. The number of benzene rings is 1. The van der Waals surface area contributed by atoms with E-state index in [-0.39, 0.29) is 15.4 Å². The molecule has 23 heavy (non-hydrogen) atoms. The van der Waals surface area contributed by atoms with E-state index in [9.17, 15) is 21.6 Å². The first-order chi connectivity index (χ1) is 10.4. The minimum atomic E-state index is -4.09. The highest BCUT2D eigenvalue weighted by atomic mass is 32.2. The molecule has 1 aromatic carbocycles. The zero-order valence-electron chi connectivity index (χ0n) is 13.2. The van der Waals surface area contributed by atoms with Crippen molar-refractivity contribution in [3.05, 3.63) is 23.8 Å². The van der Waals surface area contributed by atoms with Gasteiger partial charge in [-0.2, -0.15) is 4.72 Å². The number of sulfonamides is 2. The van der Waals surface area contributed by atoms with Crippen LogP contribution in [0, 0.1) is 12.8 Å². The molecule has 130 valence electrons. The van der Waals surface area contributed by atoms with Crippen LogP contribution in [0.5, 0.6) is 0 Å². The second kappa shape index (κ2) is 6.95. The van der Waals surface area contributed by atoms with Gasteiger partial charge in [0, 0.05) is 0 Å². The van der Waals surface area contributed by atoms with E-state index in [0.717, 1.165) is 6.07 Å². The van der Waals surface area contributed by atoms with Crippen molar-refractivity contribution in [2.45, 2.75) is 36.6 Å². The summed E-state index contributed by atoms with van der Waals surface area (Å²) in [5, 5.41) is 9.08. The zero-order chi connectivity index (χ0) is 18.0. The van der Waals surface area contributed by atoms with E-state index < -0.39 is 38.0 Å². The van der Waals surface area contributed by atoms with Gasteiger partial charge in [0.15, 0.2) is 0 Å². The molecule has 0 unspecified atom stereocenters. The average Bonchev–Trinajstić information content (AvgIpc) is 2.43. The normalized spacial score (nSPS) is 14.0. The molecule has 0 amide bonds. The minimum absolute atomic E-state index is 0.0439. The van der Waals surface area contributed by atoms with Crippen LogP contribution in [0.15, 0.2) is 28.0 Å². The predicted octanol–water partition coefficient (Wildman–Crippen LogP) is 0.291. The van der Waals surface area contributed by atoms with Crippen LogP contribution in [-0.2, 0) is 24.8 Å². The molecule has 0 saturated carbocycles. The van der Waals surface area contributed by atoms with Gasteiger partial charge in [-0.1, -0.05) is 13.8 Å². The van der Waals surface area contributed by atoms with Crippen LogP contribution in [0.1, 0.15) is 19.4 Å². The summed E-state index contributed by atoms with van der Waals surface area (Å²) in [5.74, 6) is -1.73. The molecule has 0 spiro atoms. The lowest BCUT2D eigenvalue weighted by molar-refractivity contribution is -0.140. The Bertz CT molecular complexity index is 800. The summed E-state index contributed by atoms with van der Waals surface area (Å²) >= 11 is 0. The first-order valence-electron chi connectivity index (χ1n) is 6.71. The Hall–Kier alpha value is -1.49. The van der Waals surface area contributed by atoms with Gasteiger partial charge in [-0.25, -0.2) is 21.6 Å². The standard InChI is InChI=1S/C13H20N2O6S2/c1-8(2)12(13(16)17)15-22(18,19)10-5-6-11(9(3)7-10)23(20,21)14-4/h5-8,12,14-15H,1-4H3,(H,16,17)/t12-/m1/s1. The summed E-state index contributed by atoms with van der Waals surface area (Å²) in [6.07, 6.45) is 0. The minimum Gasteiger partial charge on any atom is -0.480 e. The second-order valence-corrected chi connectivity index (χ2v) is 8.89. The smallest absolute Gasteiger partial charge is 0.322 e. The summed E-state index contributed by atoms with van der Waals surface area (Å²) in [4.78, 5) is 10.9. The van der Waals surface area contributed by atoms with Crippen molar-refractivity contribution < 1.29 is 26.7 Å². The maximum absolute atomic E-state index is 12.3. The number of aliphatic carboxylic acids is 1. The van der Waals surface area contributed by atoms with Gasteiger partial charge in [-0.3, -0.25) is 4.79 Å². The highest BCUT2D eigenvalue weighted by Crippen LogP contribution is 2.20. The first-order valence-corrected chi connectivity index (χ1v) is 9.68. The Morgan fingerprint density at radius 3 is 2.09 bits per heavy atom. The van der Waals surface area contributed by atoms with Crippen LogP contribution in [0.25, 0.3) is 0 Å². The molecule has 0 fully saturated rings. The fraction of sp³-hybridized carbons (Fsp3) is 0.462. The van der Waals surface area contributed by atoms with E-state index in [1.807, 2.05) is 0 Å². The number of hydrogen-bond donors (Lipinski definition) is 3. The van der Waals surface area contributed by atoms with Crippen LogP contribution >= 0.6 is 0 Å². The van der Waals surface area contributed by atoms with Gasteiger partial charge in [0.2, 0.25) is 20.0 Å². The van der Waals surface area contributed by atoms with Gasteiger partial charge in [0.1, 0.15) is 6.04 Å². The number of aryl methyl sites for hydroxylation is 1. The molecule has 1 rings (SSSR count). The third kappa shape index (κ3) is 4.50. The SMILES string of the molecule is CNS(=O)(=O)c1ccc(S(=O)(=O)N[C@@H](C(=O)O)C(C)C)cc1C. The lowest BCUT2D eigenvalue weighted by Crippen LogP contribution is -2.44. The molecule has 0 heterocycles. The summed E-state index contributed by atoms with van der Waals surface area (Å²) in [6.45, 7) is 4.62. The number of rotatable bonds is 7. The van der Waals surface area contributed by atoms with Gasteiger partial charge in [0.25, 0.3) is 0 Å². The van der Waals surface area contributed by atoms with E-state index in [4.69, 9.17) is 5.11 Å². The quantitative estimate of drug-likeness (QED) is 0.638. The van der Waals surface area contributed by atoms with Gasteiger partial charge < -0.3 is 5.11 Å².